The normalized spacial score (nSPS) is 24.2. The second kappa shape index (κ2) is 7.50. The number of allylic oxidation sites excluding steroid dienone is 3. The van der Waals surface area contributed by atoms with Gasteiger partial charge in [0, 0.05) is 18.6 Å². The molecule has 1 aromatic heterocycles. The maximum atomic E-state index is 11.4. The molecule has 0 aromatic carbocycles. The number of amides is 2. The molecule has 138 valence electrons. The molecule has 1 saturated heterocycles. The van der Waals surface area contributed by atoms with Crippen LogP contribution in [0.1, 0.15) is 6.42 Å². The summed E-state index contributed by atoms with van der Waals surface area (Å²) in [5, 5.41) is 25.4. The van der Waals surface area contributed by atoms with Gasteiger partial charge in [-0.25, -0.2) is 19.0 Å². The topological polar surface area (TPSA) is 155 Å². The van der Waals surface area contributed by atoms with Crippen molar-refractivity contribution in [1.82, 2.24) is 15.1 Å². The summed E-state index contributed by atoms with van der Waals surface area (Å²) >= 11 is 0. The predicted molar refractivity (Wildman–Crippen MR) is 96.4 cm³/mol. The van der Waals surface area contributed by atoms with E-state index in [-0.39, 0.29) is 19.3 Å². The summed E-state index contributed by atoms with van der Waals surface area (Å²) < 4.78 is 3.47. The van der Waals surface area contributed by atoms with E-state index in [4.69, 9.17) is 16.6 Å². The number of rotatable bonds is 4. The van der Waals surface area contributed by atoms with Crippen LogP contribution in [0.25, 0.3) is 0 Å². The van der Waals surface area contributed by atoms with Crippen LogP contribution in [-0.2, 0) is 6.54 Å². The van der Waals surface area contributed by atoms with Crippen molar-refractivity contribution in [3.05, 3.63) is 30.1 Å². The number of nitrogens with one attached hydrogen (secondary N) is 1. The van der Waals surface area contributed by atoms with E-state index in [9.17, 15) is 9.90 Å². The minimum Gasteiger partial charge on any atom is -0.394 e. The van der Waals surface area contributed by atoms with Gasteiger partial charge in [0.2, 0.25) is 5.71 Å². The smallest absolute Gasteiger partial charge is 0.316 e. The number of carbonyl (C=O) groups is 1. The molecule has 0 bridgehead atoms. The van der Waals surface area contributed by atoms with Crippen molar-refractivity contribution in [3.8, 4) is 0 Å². The number of aliphatic hydroxyl groups excluding tert-OH is 2. The molecule has 3 rings (SSSR count). The maximum Gasteiger partial charge on any atom is 0.316 e. The lowest BCUT2D eigenvalue weighted by Gasteiger charge is -2.12. The lowest BCUT2D eigenvalue weighted by Crippen LogP contribution is -2.34. The van der Waals surface area contributed by atoms with Crippen LogP contribution in [0.15, 0.2) is 35.1 Å². The minimum absolute atomic E-state index is 0.0871. The molecule has 2 amide bonds. The highest BCUT2D eigenvalue weighted by Crippen LogP contribution is 2.23. The van der Waals surface area contributed by atoms with Crippen LogP contribution in [0.2, 0.25) is 0 Å². The number of β-amino-alcohol motifs (C(OH)–C–C–N with tert-alkyl or cyclic N) is 1. The molecular weight excluding hydrogens is 338 g/mol. The van der Waals surface area contributed by atoms with E-state index >= 15 is 0 Å². The van der Waals surface area contributed by atoms with Gasteiger partial charge in [0.1, 0.15) is 24.2 Å². The molecule has 0 saturated carbocycles. The number of urea groups is 1. The van der Waals surface area contributed by atoms with Gasteiger partial charge in [0.15, 0.2) is 6.54 Å². The number of hydrogen-bond acceptors (Lipinski definition) is 6. The van der Waals surface area contributed by atoms with Gasteiger partial charge in [-0.2, -0.15) is 5.10 Å². The predicted octanol–water partition coefficient (Wildman–Crippen LogP) is -1.13. The molecule has 0 radical (unpaired) electrons. The number of carbonyl (C=O) groups excluding carboxylic acids is 1. The summed E-state index contributed by atoms with van der Waals surface area (Å²) in [6.07, 6.45) is 7.19. The summed E-state index contributed by atoms with van der Waals surface area (Å²) in [5.74, 6) is 0.316. The fourth-order valence-electron chi connectivity index (χ4n) is 2.90. The summed E-state index contributed by atoms with van der Waals surface area (Å²) in [6, 6.07) is -0.705. The van der Waals surface area contributed by atoms with Crippen LogP contribution in [-0.4, -0.2) is 67.8 Å². The van der Waals surface area contributed by atoms with Crippen LogP contribution >= 0.6 is 0 Å². The molecule has 0 spiro atoms. The Labute approximate surface area is 149 Å². The van der Waals surface area contributed by atoms with Crippen molar-refractivity contribution in [3.63, 3.8) is 0 Å². The fraction of sp³-hybridized carbons (Fsp3) is 0.375. The summed E-state index contributed by atoms with van der Waals surface area (Å²) in [5.41, 5.74) is 13.4. The van der Waals surface area contributed by atoms with Gasteiger partial charge in [0.05, 0.1) is 30.8 Å². The zero-order valence-electron chi connectivity index (χ0n) is 14.2. The zero-order valence-corrected chi connectivity index (χ0v) is 14.2. The summed E-state index contributed by atoms with van der Waals surface area (Å²) in [4.78, 5) is 15.8. The van der Waals surface area contributed by atoms with E-state index in [1.165, 1.54) is 10.9 Å². The van der Waals surface area contributed by atoms with Crippen LogP contribution in [0.4, 0.5) is 16.3 Å². The first kappa shape index (κ1) is 17.8. The van der Waals surface area contributed by atoms with Crippen LogP contribution < -0.4 is 16.8 Å². The third-order valence-electron chi connectivity index (χ3n) is 4.18. The Morgan fingerprint density at radius 2 is 2.31 bits per heavy atom. The van der Waals surface area contributed by atoms with E-state index < -0.39 is 6.03 Å². The molecule has 1 aromatic rings. The Morgan fingerprint density at radius 1 is 1.50 bits per heavy atom. The van der Waals surface area contributed by atoms with Crippen LogP contribution in [0.5, 0.6) is 0 Å². The molecule has 7 N–H and O–H groups in total. The number of anilines is 1. The molecule has 1 aliphatic carbocycles. The Hall–Kier alpha value is -2.98. The van der Waals surface area contributed by atoms with Gasteiger partial charge < -0.3 is 27.0 Å². The van der Waals surface area contributed by atoms with E-state index in [1.54, 1.807) is 12.2 Å². The molecule has 1 atom stereocenters. The number of primary amides is 1. The standard InChI is InChI=1S/C16H21N7O3/c17-15-14(8-19-23(15)5-6-24)20-12-2-1-10(7-13(12)21-16(18)26)22-4-3-11(25)9-22/h1-2,7-8,11,24-25H,3-6,9H2,(H4,17,18,19,21,26)/p+1. The van der Waals surface area contributed by atoms with Gasteiger partial charge in [-0.1, -0.05) is 0 Å². The van der Waals surface area contributed by atoms with E-state index in [2.05, 4.69) is 15.4 Å². The number of hydrogen-bond donors (Lipinski definition) is 5. The van der Waals surface area contributed by atoms with Crippen molar-refractivity contribution in [1.29, 1.82) is 0 Å². The lowest BCUT2D eigenvalue weighted by atomic mass is 10.1. The van der Waals surface area contributed by atoms with Crippen molar-refractivity contribution in [2.75, 3.05) is 25.4 Å². The fourth-order valence-corrected chi connectivity index (χ4v) is 2.90. The van der Waals surface area contributed by atoms with Crippen LogP contribution in [0.3, 0.4) is 0 Å². The number of nitrogen functional groups attached to an aromatic ring is 1. The highest BCUT2D eigenvalue weighted by atomic mass is 16.3. The average molecular weight is 360 g/mol. The third-order valence-corrected chi connectivity index (χ3v) is 4.18. The molecule has 26 heavy (non-hydrogen) atoms. The Kier molecular flexibility index (Phi) is 5.14. The van der Waals surface area contributed by atoms with Gasteiger partial charge >= 0.3 is 6.03 Å². The van der Waals surface area contributed by atoms with Crippen molar-refractivity contribution < 1.29 is 19.6 Å². The first-order valence-corrected chi connectivity index (χ1v) is 8.25. The van der Waals surface area contributed by atoms with E-state index in [0.29, 0.717) is 35.9 Å². The zero-order chi connectivity index (χ0) is 18.7. The minimum atomic E-state index is -0.705. The summed E-state index contributed by atoms with van der Waals surface area (Å²) in [7, 11) is 0. The molecule has 2 aliphatic rings. The highest BCUT2D eigenvalue weighted by Gasteiger charge is 2.27. The first-order valence-electron chi connectivity index (χ1n) is 8.25. The van der Waals surface area contributed by atoms with Gasteiger partial charge in [0.25, 0.3) is 0 Å². The van der Waals surface area contributed by atoms with Gasteiger partial charge in [-0.3, -0.25) is 0 Å². The molecular formula is C16H22N7O3+. The molecule has 1 fully saturated rings. The lowest BCUT2D eigenvalue weighted by molar-refractivity contribution is -0.508. The molecule has 10 nitrogen and oxygen atoms in total. The number of nitrogens with zero attached hydrogens (tertiary/aromatic N) is 4. The monoisotopic (exact) mass is 360 g/mol. The van der Waals surface area contributed by atoms with Crippen molar-refractivity contribution in [2.45, 2.75) is 19.1 Å². The molecule has 10 heteroatoms. The number of aliphatic imine (C=N–C) groups is 1. The van der Waals surface area contributed by atoms with Crippen molar-refractivity contribution >= 4 is 29.0 Å². The maximum absolute atomic E-state index is 11.4. The summed E-state index contributed by atoms with van der Waals surface area (Å²) in [6.45, 7) is 1.45. The number of nitrogens with two attached hydrogens (primary N) is 2. The Morgan fingerprint density at radius 3 is 2.96 bits per heavy atom. The number of aliphatic hydroxyl groups is 2. The highest BCUT2D eigenvalue weighted by molar-refractivity contribution is 6.21. The van der Waals surface area contributed by atoms with Gasteiger partial charge in [-0.15, -0.1) is 0 Å². The largest absolute Gasteiger partial charge is 0.394 e. The number of aromatic nitrogens is 2. The average Bonchev–Trinajstić information content (AvgIpc) is 3.17. The SMILES string of the molecule is NC(=O)NC1=CC(=[N+]2\CCC(O)C2)/C=CC/1=N/c1cnn(CCO)c1N. The Bertz CT molecular complexity index is 835. The van der Waals surface area contributed by atoms with Gasteiger partial charge in [-0.05, 0) is 6.08 Å². The molecule has 1 unspecified atom stereocenters. The first-order chi connectivity index (χ1) is 12.5. The molecule has 1 aliphatic heterocycles. The Balaban J connectivity index is 1.94. The third kappa shape index (κ3) is 3.81. The second-order valence-electron chi connectivity index (χ2n) is 6.05. The quantitative estimate of drug-likeness (QED) is 0.339. The van der Waals surface area contributed by atoms with E-state index in [0.717, 1.165) is 12.3 Å². The van der Waals surface area contributed by atoms with Crippen molar-refractivity contribution in [2.24, 2.45) is 10.7 Å². The van der Waals surface area contributed by atoms with E-state index in [1.807, 2.05) is 10.7 Å². The molecule has 2 heterocycles. The van der Waals surface area contributed by atoms with Crippen LogP contribution in [0, 0.1) is 0 Å². The second-order valence-corrected chi connectivity index (χ2v) is 6.05.